The van der Waals surface area contributed by atoms with E-state index in [-0.39, 0.29) is 11.5 Å². The molecule has 0 radical (unpaired) electrons. The molecule has 0 atom stereocenters. The molecule has 266 valence electrons. The highest BCUT2D eigenvalue weighted by Gasteiger charge is 2.06. The third kappa shape index (κ3) is 24.1. The number of hydrogen-bond acceptors (Lipinski definition) is 8. The van der Waals surface area contributed by atoms with Crippen LogP contribution in [0.3, 0.4) is 0 Å². The summed E-state index contributed by atoms with van der Waals surface area (Å²) in [5, 5.41) is 0. The van der Waals surface area contributed by atoms with Crippen molar-refractivity contribution >= 4 is 41.8 Å². The highest BCUT2D eigenvalue weighted by molar-refractivity contribution is 8.76. The second-order valence-electron chi connectivity index (χ2n) is 12.3. The van der Waals surface area contributed by atoms with Gasteiger partial charge in [0.05, 0.1) is 46.4 Å². The number of aromatic nitrogens is 4. The zero-order valence-corrected chi connectivity index (χ0v) is 31.0. The van der Waals surface area contributed by atoms with Gasteiger partial charge in [-0.25, -0.2) is 35.1 Å². The van der Waals surface area contributed by atoms with Crippen LogP contribution >= 0.6 is 21.6 Å². The molecule has 46 heavy (non-hydrogen) atoms. The van der Waals surface area contributed by atoms with Gasteiger partial charge in [-0.15, -0.1) is 0 Å². The molecule has 0 spiro atoms. The summed E-state index contributed by atoms with van der Waals surface area (Å²) in [6.07, 6.45) is 33.3. The molecule has 0 aliphatic heterocycles. The van der Waals surface area contributed by atoms with E-state index in [4.69, 9.17) is 0 Å². The summed E-state index contributed by atoms with van der Waals surface area (Å²) in [6.45, 7) is 3.08. The van der Waals surface area contributed by atoms with Gasteiger partial charge >= 0.3 is 0 Å². The zero-order valence-electron chi connectivity index (χ0n) is 27.7. The van der Waals surface area contributed by atoms with Crippen LogP contribution < -0.4 is 9.13 Å². The SMILES string of the molecule is O=S(=O)([O-])CCC[n+]1ccn(CCCCCCCCCCSSCCCCCCCCCCn2cc[n+](CCCS(=O)(=O)[O-])c2)c1. The number of imidazole rings is 2. The van der Waals surface area contributed by atoms with Crippen molar-refractivity contribution in [2.24, 2.45) is 0 Å². The predicted octanol–water partition coefficient (Wildman–Crippen LogP) is 6.06. The van der Waals surface area contributed by atoms with E-state index < -0.39 is 20.2 Å². The molecule has 0 aromatic carbocycles. The number of aryl methyl sites for hydroxylation is 4. The lowest BCUT2D eigenvalue weighted by atomic mass is 10.1. The van der Waals surface area contributed by atoms with Gasteiger partial charge in [-0.2, -0.15) is 0 Å². The lowest BCUT2D eigenvalue weighted by Gasteiger charge is -2.04. The van der Waals surface area contributed by atoms with E-state index in [1.165, 1.54) is 101 Å². The molecule has 0 saturated heterocycles. The number of hydrogen-bond donors (Lipinski definition) is 0. The first kappa shape index (κ1) is 41.1. The van der Waals surface area contributed by atoms with Crippen molar-refractivity contribution in [3.63, 3.8) is 0 Å². The van der Waals surface area contributed by atoms with Crippen LogP contribution in [0.4, 0.5) is 0 Å². The molecule has 2 aromatic rings. The average molecular weight is 723 g/mol. The van der Waals surface area contributed by atoms with Crippen molar-refractivity contribution in [1.82, 2.24) is 9.13 Å². The lowest BCUT2D eigenvalue weighted by molar-refractivity contribution is -0.696. The van der Waals surface area contributed by atoms with E-state index in [1.807, 2.05) is 68.2 Å². The molecule has 14 heteroatoms. The molecule has 0 N–H and O–H groups in total. The molecule has 0 unspecified atom stereocenters. The largest absolute Gasteiger partial charge is 0.748 e. The maximum absolute atomic E-state index is 10.7. The summed E-state index contributed by atoms with van der Waals surface area (Å²) in [5.41, 5.74) is 0. The second-order valence-corrected chi connectivity index (χ2v) is 18.1. The molecule has 0 bridgehead atoms. The Hall–Kier alpha value is -1.06. The zero-order chi connectivity index (χ0) is 33.4. The van der Waals surface area contributed by atoms with Crippen molar-refractivity contribution in [1.29, 1.82) is 0 Å². The van der Waals surface area contributed by atoms with E-state index in [0.29, 0.717) is 25.9 Å². The van der Waals surface area contributed by atoms with E-state index in [0.717, 1.165) is 25.9 Å². The number of unbranched alkanes of at least 4 members (excludes halogenated alkanes) is 14. The van der Waals surface area contributed by atoms with Crippen molar-refractivity contribution in [2.45, 2.75) is 142 Å². The molecule has 0 saturated carbocycles. The fourth-order valence-electron chi connectivity index (χ4n) is 5.40. The Morgan fingerprint density at radius 3 is 1.15 bits per heavy atom. The summed E-state index contributed by atoms with van der Waals surface area (Å²) in [7, 11) is -4.15. The quantitative estimate of drug-likeness (QED) is 0.0397. The Bertz CT molecular complexity index is 1150. The van der Waals surface area contributed by atoms with Crippen LogP contribution in [0.15, 0.2) is 37.4 Å². The second kappa shape index (κ2) is 25.0. The van der Waals surface area contributed by atoms with Crippen LogP contribution in [0.2, 0.25) is 0 Å². The van der Waals surface area contributed by atoms with E-state index in [1.54, 1.807) is 0 Å². The molecular formula is C32H58N4O6S4. The van der Waals surface area contributed by atoms with Gasteiger partial charge in [-0.1, -0.05) is 85.8 Å². The van der Waals surface area contributed by atoms with Crippen LogP contribution in [0.5, 0.6) is 0 Å². The predicted molar refractivity (Wildman–Crippen MR) is 186 cm³/mol. The van der Waals surface area contributed by atoms with Gasteiger partial charge in [0.1, 0.15) is 24.8 Å². The van der Waals surface area contributed by atoms with Crippen molar-refractivity contribution < 1.29 is 35.1 Å². The Morgan fingerprint density at radius 1 is 0.478 bits per heavy atom. The summed E-state index contributed by atoms with van der Waals surface area (Å²) >= 11 is 0. The Labute approximate surface area is 287 Å². The van der Waals surface area contributed by atoms with Crippen LogP contribution in [0.25, 0.3) is 0 Å². The smallest absolute Gasteiger partial charge is 0.243 e. The fourth-order valence-corrected chi connectivity index (χ4v) is 8.66. The fraction of sp³-hybridized carbons (Fsp3) is 0.812. The third-order valence-electron chi connectivity index (χ3n) is 7.99. The van der Waals surface area contributed by atoms with Crippen molar-refractivity contribution in [3.05, 3.63) is 37.4 Å². The topological polar surface area (TPSA) is 132 Å². The van der Waals surface area contributed by atoms with Crippen LogP contribution in [-0.4, -0.2) is 58.1 Å². The molecule has 10 nitrogen and oxygen atoms in total. The highest BCUT2D eigenvalue weighted by Crippen LogP contribution is 2.25. The normalized spacial score (nSPS) is 12.3. The van der Waals surface area contributed by atoms with Gasteiger partial charge in [0, 0.05) is 23.0 Å². The summed E-state index contributed by atoms with van der Waals surface area (Å²) in [5.74, 6) is 1.93. The molecule has 0 amide bonds. The minimum Gasteiger partial charge on any atom is -0.748 e. The van der Waals surface area contributed by atoms with Crippen LogP contribution in [0, 0.1) is 0 Å². The van der Waals surface area contributed by atoms with E-state index in [2.05, 4.69) is 9.13 Å². The summed E-state index contributed by atoms with van der Waals surface area (Å²) in [6, 6.07) is 0. The average Bonchev–Trinajstić information content (AvgIpc) is 3.63. The van der Waals surface area contributed by atoms with Gasteiger partial charge in [0.15, 0.2) is 0 Å². The van der Waals surface area contributed by atoms with E-state index in [9.17, 15) is 25.9 Å². The maximum atomic E-state index is 10.7. The number of nitrogens with zero attached hydrogens (tertiary/aromatic N) is 4. The number of rotatable bonds is 31. The summed E-state index contributed by atoms with van der Waals surface area (Å²) in [4.78, 5) is 0. The van der Waals surface area contributed by atoms with Crippen molar-refractivity contribution in [2.75, 3.05) is 23.0 Å². The van der Waals surface area contributed by atoms with Gasteiger partial charge < -0.3 is 9.11 Å². The Balaban J connectivity index is 1.25. The standard InChI is InChI=1S/C32H58N4O6S4/c37-45(38,39)29-17-21-35-25-23-33(31-35)19-13-9-5-1-3-7-11-15-27-43-44-28-16-12-8-4-2-6-10-14-20-34-24-26-36(32-34)22-18-30-46(40,41)42/h23-26,31-32H,1-22,27-30H2. The first-order chi connectivity index (χ1) is 22.1. The first-order valence-corrected chi connectivity index (χ1v) is 23.0. The Morgan fingerprint density at radius 2 is 0.804 bits per heavy atom. The Kier molecular flexibility index (Phi) is 22.3. The molecule has 0 aliphatic rings. The van der Waals surface area contributed by atoms with Crippen molar-refractivity contribution in [3.8, 4) is 0 Å². The van der Waals surface area contributed by atoms with Gasteiger partial charge in [-0.05, 0) is 51.4 Å². The van der Waals surface area contributed by atoms with Gasteiger partial charge in [0.25, 0.3) is 0 Å². The van der Waals surface area contributed by atoms with E-state index >= 15 is 0 Å². The van der Waals surface area contributed by atoms with Gasteiger partial charge in [0.2, 0.25) is 12.7 Å². The third-order valence-corrected chi connectivity index (χ3v) is 12.1. The molecular weight excluding hydrogens is 665 g/mol. The lowest BCUT2D eigenvalue weighted by Crippen LogP contribution is -2.32. The maximum Gasteiger partial charge on any atom is 0.243 e. The minimum atomic E-state index is -4.12. The molecule has 2 aromatic heterocycles. The molecule has 0 aliphatic carbocycles. The molecule has 2 rings (SSSR count). The highest BCUT2D eigenvalue weighted by atomic mass is 33.1. The van der Waals surface area contributed by atoms with Crippen LogP contribution in [0.1, 0.15) is 116 Å². The molecule has 2 heterocycles. The minimum absolute atomic E-state index is 0.304. The first-order valence-electron chi connectivity index (χ1n) is 17.3. The van der Waals surface area contributed by atoms with Gasteiger partial charge in [-0.3, -0.25) is 0 Å². The van der Waals surface area contributed by atoms with Crippen LogP contribution in [-0.2, 0) is 46.4 Å². The monoisotopic (exact) mass is 722 g/mol. The summed E-state index contributed by atoms with van der Waals surface area (Å²) < 4.78 is 72.4. The molecule has 0 fully saturated rings.